The fraction of sp³-hybridized carbons (Fsp3) is 0.833. The van der Waals surface area contributed by atoms with Gasteiger partial charge in [0.15, 0.2) is 0 Å². The maximum atomic E-state index is 11.9. The molecule has 2 amide bonds. The average Bonchev–Trinajstić information content (AvgIpc) is 2.82. The molecule has 6 heteroatoms. The summed E-state index contributed by atoms with van der Waals surface area (Å²) in [6.07, 6.45) is 1.61. The molecular weight excluding hydrogens is 236 g/mol. The average molecular weight is 258 g/mol. The molecule has 6 nitrogen and oxygen atoms in total. The second-order valence-electron chi connectivity index (χ2n) is 4.52. The normalized spacial score (nSPS) is 19.1. The summed E-state index contributed by atoms with van der Waals surface area (Å²) in [6, 6.07) is -0.321. The number of hydrogen-bond donors (Lipinski definition) is 0. The van der Waals surface area contributed by atoms with E-state index in [1.807, 2.05) is 0 Å². The van der Waals surface area contributed by atoms with Gasteiger partial charge in [-0.2, -0.15) is 0 Å². The minimum absolute atomic E-state index is 0.0145. The van der Waals surface area contributed by atoms with Crippen LogP contribution in [0.4, 0.5) is 0 Å². The summed E-state index contributed by atoms with van der Waals surface area (Å²) in [5.74, 6) is -0.137. The molecule has 0 bridgehead atoms. The Balaban J connectivity index is 2.43. The molecule has 18 heavy (non-hydrogen) atoms. The summed E-state index contributed by atoms with van der Waals surface area (Å²) in [7, 11) is 4.99. The topological polar surface area (TPSA) is 59.1 Å². The second-order valence-corrected chi connectivity index (χ2v) is 4.52. The minimum atomic E-state index is -0.321. The third-order valence-corrected chi connectivity index (χ3v) is 2.96. The van der Waals surface area contributed by atoms with E-state index in [2.05, 4.69) is 0 Å². The number of ether oxygens (including phenoxy) is 2. The Morgan fingerprint density at radius 1 is 1.33 bits per heavy atom. The monoisotopic (exact) mass is 258 g/mol. The van der Waals surface area contributed by atoms with Crippen molar-refractivity contribution in [2.75, 3.05) is 47.6 Å². The summed E-state index contributed by atoms with van der Waals surface area (Å²) >= 11 is 0. The van der Waals surface area contributed by atoms with Crippen LogP contribution in [0, 0.1) is 0 Å². The van der Waals surface area contributed by atoms with Crippen LogP contribution in [0.2, 0.25) is 0 Å². The van der Waals surface area contributed by atoms with Crippen molar-refractivity contribution in [1.29, 1.82) is 0 Å². The van der Waals surface area contributed by atoms with E-state index in [9.17, 15) is 9.59 Å². The molecule has 1 unspecified atom stereocenters. The van der Waals surface area contributed by atoms with Crippen molar-refractivity contribution in [3.8, 4) is 0 Å². The van der Waals surface area contributed by atoms with Crippen molar-refractivity contribution in [1.82, 2.24) is 9.80 Å². The van der Waals surface area contributed by atoms with Crippen molar-refractivity contribution in [2.45, 2.75) is 18.9 Å². The number of amides is 2. The molecule has 0 aromatic rings. The Hall–Kier alpha value is -1.14. The van der Waals surface area contributed by atoms with Gasteiger partial charge in [0.25, 0.3) is 0 Å². The fourth-order valence-corrected chi connectivity index (χ4v) is 2.00. The highest BCUT2D eigenvalue weighted by Crippen LogP contribution is 2.18. The molecule has 0 N–H and O–H groups in total. The van der Waals surface area contributed by atoms with Crippen molar-refractivity contribution >= 4 is 11.8 Å². The summed E-state index contributed by atoms with van der Waals surface area (Å²) in [5.41, 5.74) is 0. The Morgan fingerprint density at radius 3 is 2.67 bits per heavy atom. The van der Waals surface area contributed by atoms with Crippen LogP contribution in [0.25, 0.3) is 0 Å². The molecule has 1 aliphatic rings. The van der Waals surface area contributed by atoms with Crippen LogP contribution in [-0.2, 0) is 19.1 Å². The Morgan fingerprint density at radius 2 is 2.06 bits per heavy atom. The van der Waals surface area contributed by atoms with E-state index >= 15 is 0 Å². The van der Waals surface area contributed by atoms with Crippen LogP contribution in [0.5, 0.6) is 0 Å². The zero-order valence-corrected chi connectivity index (χ0v) is 11.3. The van der Waals surface area contributed by atoms with Crippen LogP contribution in [-0.4, -0.2) is 75.2 Å². The highest BCUT2D eigenvalue weighted by Gasteiger charge is 2.34. The van der Waals surface area contributed by atoms with Gasteiger partial charge < -0.3 is 19.3 Å². The molecule has 1 heterocycles. The van der Waals surface area contributed by atoms with Gasteiger partial charge in [-0.05, 0) is 12.8 Å². The Labute approximate surface area is 108 Å². The van der Waals surface area contributed by atoms with Crippen LogP contribution < -0.4 is 0 Å². The van der Waals surface area contributed by atoms with Crippen LogP contribution in [0.3, 0.4) is 0 Å². The van der Waals surface area contributed by atoms with Gasteiger partial charge in [-0.15, -0.1) is 0 Å². The van der Waals surface area contributed by atoms with Gasteiger partial charge in [0.05, 0.1) is 13.2 Å². The summed E-state index contributed by atoms with van der Waals surface area (Å²) in [6.45, 7) is 1.51. The number of methoxy groups -OCH3 is 1. The first-order valence-electron chi connectivity index (χ1n) is 6.15. The van der Waals surface area contributed by atoms with Crippen LogP contribution in [0.1, 0.15) is 12.8 Å². The van der Waals surface area contributed by atoms with E-state index in [0.717, 1.165) is 12.8 Å². The molecule has 0 radical (unpaired) electrons. The summed E-state index contributed by atoms with van der Waals surface area (Å²) in [4.78, 5) is 27.0. The predicted octanol–water partition coefficient (Wildman–Crippen LogP) is -0.271. The first-order chi connectivity index (χ1) is 8.57. The van der Waals surface area contributed by atoms with E-state index < -0.39 is 0 Å². The van der Waals surface area contributed by atoms with Crippen molar-refractivity contribution in [2.24, 2.45) is 0 Å². The molecular formula is C12H22N2O4. The minimum Gasteiger partial charge on any atom is -0.382 e. The van der Waals surface area contributed by atoms with E-state index in [-0.39, 0.29) is 24.5 Å². The zero-order chi connectivity index (χ0) is 13.5. The standard InChI is InChI=1S/C12H22N2O4/c1-13(2)12(16)10-5-4-6-14(10)11(15)9-18-8-7-17-3/h10H,4-9H2,1-3H3. The highest BCUT2D eigenvalue weighted by atomic mass is 16.5. The van der Waals surface area contributed by atoms with Crippen molar-refractivity contribution < 1.29 is 19.1 Å². The molecule has 1 saturated heterocycles. The molecule has 0 spiro atoms. The quantitative estimate of drug-likeness (QED) is 0.615. The van der Waals surface area contributed by atoms with Crippen LogP contribution in [0.15, 0.2) is 0 Å². The van der Waals surface area contributed by atoms with Gasteiger partial charge in [0.2, 0.25) is 11.8 Å². The molecule has 1 rings (SSSR count). The lowest BCUT2D eigenvalue weighted by atomic mass is 10.2. The van der Waals surface area contributed by atoms with Gasteiger partial charge in [0, 0.05) is 27.7 Å². The highest BCUT2D eigenvalue weighted by molar-refractivity contribution is 5.88. The third kappa shape index (κ3) is 3.96. The summed E-state index contributed by atoms with van der Waals surface area (Å²) < 4.78 is 10.0. The Bertz CT molecular complexity index is 294. The number of likely N-dealkylation sites (N-methyl/N-ethyl adjacent to an activating group) is 1. The maximum absolute atomic E-state index is 11.9. The smallest absolute Gasteiger partial charge is 0.249 e. The first kappa shape index (κ1) is 14.9. The summed E-state index contributed by atoms with van der Waals surface area (Å²) in [5, 5.41) is 0. The first-order valence-corrected chi connectivity index (χ1v) is 6.15. The zero-order valence-electron chi connectivity index (χ0n) is 11.3. The van der Waals surface area contributed by atoms with Gasteiger partial charge in [-0.1, -0.05) is 0 Å². The maximum Gasteiger partial charge on any atom is 0.249 e. The second kappa shape index (κ2) is 7.33. The van der Waals surface area contributed by atoms with E-state index in [0.29, 0.717) is 19.8 Å². The third-order valence-electron chi connectivity index (χ3n) is 2.96. The molecule has 1 fully saturated rings. The number of nitrogens with zero attached hydrogens (tertiary/aromatic N) is 2. The largest absolute Gasteiger partial charge is 0.382 e. The molecule has 1 aliphatic heterocycles. The number of hydrogen-bond acceptors (Lipinski definition) is 4. The lowest BCUT2D eigenvalue weighted by Crippen LogP contribution is -2.46. The van der Waals surface area contributed by atoms with E-state index in [1.165, 1.54) is 4.90 Å². The van der Waals surface area contributed by atoms with Crippen molar-refractivity contribution in [3.63, 3.8) is 0 Å². The molecule has 0 aromatic heterocycles. The predicted molar refractivity (Wildman–Crippen MR) is 66.1 cm³/mol. The molecule has 0 saturated carbocycles. The van der Waals surface area contributed by atoms with Crippen LogP contribution >= 0.6 is 0 Å². The number of likely N-dealkylation sites (tertiary alicyclic amines) is 1. The molecule has 104 valence electrons. The Kier molecular flexibility index (Phi) is 6.07. The van der Waals surface area contributed by atoms with Gasteiger partial charge in [0.1, 0.15) is 12.6 Å². The van der Waals surface area contributed by atoms with Gasteiger partial charge in [-0.3, -0.25) is 9.59 Å². The van der Waals surface area contributed by atoms with Crippen molar-refractivity contribution in [3.05, 3.63) is 0 Å². The molecule has 0 aliphatic carbocycles. The van der Waals surface area contributed by atoms with Gasteiger partial charge >= 0.3 is 0 Å². The number of carbonyl (C=O) groups excluding carboxylic acids is 2. The van der Waals surface area contributed by atoms with E-state index in [4.69, 9.17) is 9.47 Å². The van der Waals surface area contributed by atoms with Gasteiger partial charge in [-0.25, -0.2) is 0 Å². The molecule has 1 atom stereocenters. The molecule has 0 aromatic carbocycles. The SMILES string of the molecule is COCCOCC(=O)N1CCCC1C(=O)N(C)C. The lowest BCUT2D eigenvalue weighted by Gasteiger charge is -2.26. The lowest BCUT2D eigenvalue weighted by molar-refractivity contribution is -0.145. The fourth-order valence-electron chi connectivity index (χ4n) is 2.00. The number of carbonyl (C=O) groups is 2. The number of rotatable bonds is 6. The van der Waals surface area contributed by atoms with E-state index in [1.54, 1.807) is 26.1 Å².